The number of carbonyl (C=O) groups is 1. The summed E-state index contributed by atoms with van der Waals surface area (Å²) in [6.07, 6.45) is 3.94. The van der Waals surface area contributed by atoms with Gasteiger partial charge in [0.2, 0.25) is 0 Å². The summed E-state index contributed by atoms with van der Waals surface area (Å²) in [7, 11) is 0. The van der Waals surface area contributed by atoms with Crippen molar-refractivity contribution in [1.29, 1.82) is 0 Å². The average Bonchev–Trinajstić information content (AvgIpc) is 2.33. The average molecular weight is 218 g/mol. The summed E-state index contributed by atoms with van der Waals surface area (Å²) in [4.78, 5) is 15.5. The summed E-state index contributed by atoms with van der Waals surface area (Å²) < 4.78 is 0. The first kappa shape index (κ1) is 12.2. The van der Waals surface area contributed by atoms with Crippen molar-refractivity contribution in [2.45, 2.75) is 13.3 Å². The molecule has 4 heteroatoms. The van der Waals surface area contributed by atoms with E-state index in [2.05, 4.69) is 22.1 Å². The van der Waals surface area contributed by atoms with Crippen molar-refractivity contribution in [2.24, 2.45) is 0 Å². The van der Waals surface area contributed by atoms with Crippen LogP contribution in [0.3, 0.4) is 0 Å². The van der Waals surface area contributed by atoms with Crippen LogP contribution in [-0.4, -0.2) is 29.1 Å². The summed E-state index contributed by atoms with van der Waals surface area (Å²) in [5, 5.41) is 11.3. The van der Waals surface area contributed by atoms with E-state index in [0.717, 1.165) is 6.42 Å². The van der Waals surface area contributed by atoms with Crippen molar-refractivity contribution in [3.05, 3.63) is 29.6 Å². The predicted octanol–water partition coefficient (Wildman–Crippen LogP) is 0.565. The van der Waals surface area contributed by atoms with Gasteiger partial charge in [-0.2, -0.15) is 0 Å². The second kappa shape index (κ2) is 6.59. The van der Waals surface area contributed by atoms with E-state index < -0.39 is 0 Å². The van der Waals surface area contributed by atoms with Gasteiger partial charge in [0, 0.05) is 24.5 Å². The Morgan fingerprint density at radius 1 is 1.56 bits per heavy atom. The normalized spacial score (nSPS) is 9.12. The molecule has 0 bridgehead atoms. The van der Waals surface area contributed by atoms with Gasteiger partial charge in [-0.3, -0.25) is 9.78 Å². The molecule has 1 amide bonds. The summed E-state index contributed by atoms with van der Waals surface area (Å²) in [5.74, 6) is 5.06. The maximum atomic E-state index is 11.6. The Labute approximate surface area is 94.7 Å². The maximum absolute atomic E-state index is 11.6. The molecule has 0 aliphatic carbocycles. The minimum Gasteiger partial charge on any atom is -0.384 e. The molecule has 0 aromatic carbocycles. The van der Waals surface area contributed by atoms with Gasteiger partial charge in [-0.05, 0) is 12.5 Å². The molecule has 84 valence electrons. The lowest BCUT2D eigenvalue weighted by Crippen LogP contribution is -2.24. The second-order valence-corrected chi connectivity index (χ2v) is 3.18. The van der Waals surface area contributed by atoms with Crippen LogP contribution in [0.15, 0.2) is 18.5 Å². The smallest absolute Gasteiger partial charge is 0.252 e. The highest BCUT2D eigenvalue weighted by molar-refractivity contribution is 5.94. The molecule has 0 aliphatic heterocycles. The third kappa shape index (κ3) is 3.71. The zero-order valence-corrected chi connectivity index (χ0v) is 9.16. The van der Waals surface area contributed by atoms with E-state index in [0.29, 0.717) is 17.7 Å². The highest BCUT2D eigenvalue weighted by Crippen LogP contribution is 2.01. The van der Waals surface area contributed by atoms with E-state index in [4.69, 9.17) is 5.11 Å². The highest BCUT2D eigenvalue weighted by Gasteiger charge is 2.04. The van der Waals surface area contributed by atoms with Crippen LogP contribution in [0, 0.1) is 11.8 Å². The second-order valence-electron chi connectivity index (χ2n) is 3.18. The SMILES string of the molecule is CCCNC(=O)c1cncc(C#CCO)c1. The van der Waals surface area contributed by atoms with Crippen LogP contribution in [0.2, 0.25) is 0 Å². The quantitative estimate of drug-likeness (QED) is 0.729. The van der Waals surface area contributed by atoms with Crippen molar-refractivity contribution in [2.75, 3.05) is 13.2 Å². The number of aromatic nitrogens is 1. The number of hydrogen-bond acceptors (Lipinski definition) is 3. The molecular weight excluding hydrogens is 204 g/mol. The third-order valence-corrected chi connectivity index (χ3v) is 1.85. The van der Waals surface area contributed by atoms with Crippen LogP contribution >= 0.6 is 0 Å². The fraction of sp³-hybridized carbons (Fsp3) is 0.333. The van der Waals surface area contributed by atoms with Crippen LogP contribution in [-0.2, 0) is 0 Å². The van der Waals surface area contributed by atoms with E-state index >= 15 is 0 Å². The van der Waals surface area contributed by atoms with Crippen molar-refractivity contribution >= 4 is 5.91 Å². The first-order valence-corrected chi connectivity index (χ1v) is 5.11. The van der Waals surface area contributed by atoms with Crippen LogP contribution in [0.4, 0.5) is 0 Å². The summed E-state index contributed by atoms with van der Waals surface area (Å²) in [6.45, 7) is 2.43. The van der Waals surface area contributed by atoms with E-state index in [9.17, 15) is 4.79 Å². The standard InChI is InChI=1S/C12H14N2O2/c1-2-5-14-12(16)11-7-10(4-3-6-15)8-13-9-11/h7-9,15H,2,5-6H2,1H3,(H,14,16). The van der Waals surface area contributed by atoms with Crippen molar-refractivity contribution in [3.8, 4) is 11.8 Å². The number of nitrogens with one attached hydrogen (secondary N) is 1. The van der Waals surface area contributed by atoms with Gasteiger partial charge >= 0.3 is 0 Å². The molecule has 4 nitrogen and oxygen atoms in total. The zero-order chi connectivity index (χ0) is 11.8. The largest absolute Gasteiger partial charge is 0.384 e. The highest BCUT2D eigenvalue weighted by atomic mass is 16.2. The molecule has 1 aromatic rings. The molecule has 1 aromatic heterocycles. The number of aliphatic hydroxyl groups is 1. The monoisotopic (exact) mass is 218 g/mol. The van der Waals surface area contributed by atoms with Crippen LogP contribution < -0.4 is 5.32 Å². The number of pyridine rings is 1. The van der Waals surface area contributed by atoms with Gasteiger partial charge in [-0.1, -0.05) is 18.8 Å². The van der Waals surface area contributed by atoms with Gasteiger partial charge in [-0.25, -0.2) is 0 Å². The molecule has 16 heavy (non-hydrogen) atoms. The Morgan fingerprint density at radius 3 is 3.06 bits per heavy atom. The third-order valence-electron chi connectivity index (χ3n) is 1.85. The fourth-order valence-electron chi connectivity index (χ4n) is 1.11. The Morgan fingerprint density at radius 2 is 2.38 bits per heavy atom. The summed E-state index contributed by atoms with van der Waals surface area (Å²) in [5.41, 5.74) is 1.11. The molecule has 0 atom stereocenters. The first-order valence-electron chi connectivity index (χ1n) is 5.11. The van der Waals surface area contributed by atoms with Crippen LogP contribution in [0.1, 0.15) is 29.3 Å². The lowest BCUT2D eigenvalue weighted by atomic mass is 10.2. The maximum Gasteiger partial charge on any atom is 0.252 e. The lowest BCUT2D eigenvalue weighted by molar-refractivity contribution is 0.0953. The minimum absolute atomic E-state index is 0.151. The van der Waals surface area contributed by atoms with Gasteiger partial charge in [0.15, 0.2) is 0 Å². The Bertz CT molecular complexity index is 419. The lowest BCUT2D eigenvalue weighted by Gasteiger charge is -2.02. The molecule has 0 radical (unpaired) electrons. The molecule has 0 unspecified atom stereocenters. The Kier molecular flexibility index (Phi) is 5.03. The molecule has 1 rings (SSSR count). The van der Waals surface area contributed by atoms with Gasteiger partial charge < -0.3 is 10.4 Å². The van der Waals surface area contributed by atoms with E-state index in [1.807, 2.05) is 6.92 Å². The van der Waals surface area contributed by atoms with Crippen LogP contribution in [0.25, 0.3) is 0 Å². The van der Waals surface area contributed by atoms with Gasteiger partial charge in [0.25, 0.3) is 5.91 Å². The first-order chi connectivity index (χ1) is 7.77. The van der Waals surface area contributed by atoms with Gasteiger partial charge in [0.1, 0.15) is 6.61 Å². The Hall–Kier alpha value is -1.86. The van der Waals surface area contributed by atoms with Crippen molar-refractivity contribution < 1.29 is 9.90 Å². The molecule has 0 aliphatic rings. The summed E-state index contributed by atoms with van der Waals surface area (Å²) in [6, 6.07) is 1.65. The van der Waals surface area contributed by atoms with Crippen molar-refractivity contribution in [1.82, 2.24) is 10.3 Å². The van der Waals surface area contributed by atoms with E-state index in [1.54, 1.807) is 12.3 Å². The number of rotatable bonds is 3. The number of hydrogen-bond donors (Lipinski definition) is 2. The van der Waals surface area contributed by atoms with Gasteiger partial charge in [0.05, 0.1) is 5.56 Å². The Balaban J connectivity index is 2.77. The molecule has 1 heterocycles. The minimum atomic E-state index is -0.202. The number of carbonyl (C=O) groups excluding carboxylic acids is 1. The predicted molar refractivity (Wildman–Crippen MR) is 60.8 cm³/mol. The molecule has 2 N–H and O–H groups in total. The molecule has 0 saturated carbocycles. The van der Waals surface area contributed by atoms with Crippen LogP contribution in [0.5, 0.6) is 0 Å². The van der Waals surface area contributed by atoms with E-state index in [1.165, 1.54) is 6.20 Å². The van der Waals surface area contributed by atoms with E-state index in [-0.39, 0.29) is 12.5 Å². The van der Waals surface area contributed by atoms with Crippen molar-refractivity contribution in [3.63, 3.8) is 0 Å². The molecule has 0 saturated heterocycles. The number of amides is 1. The molecule has 0 fully saturated rings. The molecule has 0 spiro atoms. The summed E-state index contributed by atoms with van der Waals surface area (Å²) >= 11 is 0. The molecular formula is C12H14N2O2. The number of aliphatic hydroxyl groups excluding tert-OH is 1. The zero-order valence-electron chi connectivity index (χ0n) is 9.16. The number of nitrogens with zero attached hydrogens (tertiary/aromatic N) is 1. The van der Waals surface area contributed by atoms with Gasteiger partial charge in [-0.15, -0.1) is 0 Å². The topological polar surface area (TPSA) is 62.2 Å². The fourth-order valence-corrected chi connectivity index (χ4v) is 1.11.